The van der Waals surface area contributed by atoms with E-state index in [9.17, 15) is 0 Å². The molecule has 1 aromatic carbocycles. The number of rotatable bonds is 4. The van der Waals surface area contributed by atoms with Crippen molar-refractivity contribution in [1.82, 2.24) is 0 Å². The molecule has 0 radical (unpaired) electrons. The second kappa shape index (κ2) is 6.23. The van der Waals surface area contributed by atoms with Gasteiger partial charge in [0.2, 0.25) is 0 Å². The van der Waals surface area contributed by atoms with E-state index in [1.54, 1.807) is 0 Å². The zero-order valence-corrected chi connectivity index (χ0v) is 13.3. The fourth-order valence-electron chi connectivity index (χ4n) is 3.16. The highest BCUT2D eigenvalue weighted by atomic mass is 79.9. The van der Waals surface area contributed by atoms with Crippen LogP contribution in [0.25, 0.3) is 0 Å². The van der Waals surface area contributed by atoms with Crippen molar-refractivity contribution < 1.29 is 0 Å². The first-order valence-corrected chi connectivity index (χ1v) is 8.30. The molecule has 1 unspecified atom stereocenters. The molecule has 0 aliphatic heterocycles. The van der Waals surface area contributed by atoms with Gasteiger partial charge in [0.15, 0.2) is 0 Å². The van der Waals surface area contributed by atoms with Crippen LogP contribution in [-0.2, 0) is 6.42 Å². The van der Waals surface area contributed by atoms with Crippen LogP contribution in [0.3, 0.4) is 0 Å². The maximum Gasteiger partial charge on any atom is 0.0448 e. The van der Waals surface area contributed by atoms with Gasteiger partial charge in [0.05, 0.1) is 0 Å². The predicted molar refractivity (Wildman–Crippen MR) is 83.3 cm³/mol. The monoisotopic (exact) mass is 308 g/mol. The lowest BCUT2D eigenvalue weighted by atomic mass is 9.72. The van der Waals surface area contributed by atoms with Crippen LogP contribution in [0.15, 0.2) is 24.3 Å². The van der Waals surface area contributed by atoms with Gasteiger partial charge in [-0.05, 0) is 35.8 Å². The zero-order valence-electron chi connectivity index (χ0n) is 11.7. The Labute approximate surface area is 120 Å². The van der Waals surface area contributed by atoms with Gasteiger partial charge in [-0.2, -0.15) is 0 Å². The average Bonchev–Trinajstić information content (AvgIpc) is 2.40. The molecule has 0 bridgehead atoms. The maximum atomic E-state index is 3.97. The van der Waals surface area contributed by atoms with Crippen molar-refractivity contribution >= 4 is 15.9 Å². The summed E-state index contributed by atoms with van der Waals surface area (Å²) in [6.07, 6.45) is 9.36. The highest BCUT2D eigenvalue weighted by Crippen LogP contribution is 2.50. The summed E-state index contributed by atoms with van der Waals surface area (Å²) in [6, 6.07) is 9.26. The fourth-order valence-corrected chi connectivity index (χ4v) is 3.92. The minimum atomic E-state index is 0.449. The zero-order chi connectivity index (χ0) is 13.0. The molecular formula is C17H25Br. The van der Waals surface area contributed by atoms with E-state index in [2.05, 4.69) is 54.0 Å². The SMILES string of the molecule is CCCc1ccc(C(Br)C2(C)CCCCC2)cc1. The molecule has 2 rings (SSSR count). The number of hydrogen-bond acceptors (Lipinski definition) is 0. The molecule has 0 spiro atoms. The molecule has 0 nitrogen and oxygen atoms in total. The smallest absolute Gasteiger partial charge is 0.0448 e. The Morgan fingerprint density at radius 2 is 1.72 bits per heavy atom. The van der Waals surface area contributed by atoms with Gasteiger partial charge in [-0.3, -0.25) is 0 Å². The van der Waals surface area contributed by atoms with Gasteiger partial charge in [-0.15, -0.1) is 0 Å². The van der Waals surface area contributed by atoms with Crippen LogP contribution >= 0.6 is 15.9 Å². The highest BCUT2D eigenvalue weighted by Gasteiger charge is 2.34. The molecule has 1 saturated carbocycles. The first kappa shape index (κ1) is 14.1. The fraction of sp³-hybridized carbons (Fsp3) is 0.647. The Morgan fingerprint density at radius 3 is 2.28 bits per heavy atom. The quantitative estimate of drug-likeness (QED) is 0.594. The summed E-state index contributed by atoms with van der Waals surface area (Å²) in [5, 5.41) is 0. The number of alkyl halides is 1. The van der Waals surface area contributed by atoms with Crippen LogP contribution in [-0.4, -0.2) is 0 Å². The minimum Gasteiger partial charge on any atom is -0.0833 e. The maximum absolute atomic E-state index is 3.97. The molecule has 1 aromatic rings. The second-order valence-electron chi connectivity index (χ2n) is 6.07. The Balaban J connectivity index is 2.09. The van der Waals surface area contributed by atoms with Gasteiger partial charge in [-0.1, -0.05) is 79.7 Å². The molecular weight excluding hydrogens is 284 g/mol. The van der Waals surface area contributed by atoms with Gasteiger partial charge < -0.3 is 0 Å². The van der Waals surface area contributed by atoms with Gasteiger partial charge in [0, 0.05) is 4.83 Å². The van der Waals surface area contributed by atoms with Crippen molar-refractivity contribution in [3.8, 4) is 0 Å². The Kier molecular flexibility index (Phi) is 4.89. The van der Waals surface area contributed by atoms with E-state index in [0.29, 0.717) is 10.2 Å². The van der Waals surface area contributed by atoms with Crippen molar-refractivity contribution in [2.24, 2.45) is 5.41 Å². The Hall–Kier alpha value is -0.300. The molecule has 1 atom stereocenters. The molecule has 1 fully saturated rings. The molecule has 0 saturated heterocycles. The van der Waals surface area contributed by atoms with Crippen LogP contribution in [0.1, 0.15) is 68.3 Å². The minimum absolute atomic E-state index is 0.449. The van der Waals surface area contributed by atoms with Gasteiger partial charge >= 0.3 is 0 Å². The van der Waals surface area contributed by atoms with Crippen LogP contribution in [0, 0.1) is 5.41 Å². The normalized spacial score (nSPS) is 20.6. The first-order chi connectivity index (χ1) is 8.65. The lowest BCUT2D eigenvalue weighted by molar-refractivity contribution is 0.213. The average molecular weight is 309 g/mol. The summed E-state index contributed by atoms with van der Waals surface area (Å²) in [4.78, 5) is 0.515. The number of benzene rings is 1. The standard InChI is InChI=1S/C17H25Br/c1-3-7-14-8-10-15(11-9-14)16(18)17(2)12-5-4-6-13-17/h8-11,16H,3-7,12-13H2,1-2H3. The van der Waals surface area contributed by atoms with Crippen molar-refractivity contribution in [2.75, 3.05) is 0 Å². The van der Waals surface area contributed by atoms with E-state index in [0.717, 1.165) is 0 Å². The Morgan fingerprint density at radius 1 is 1.11 bits per heavy atom. The second-order valence-corrected chi connectivity index (χ2v) is 6.98. The van der Waals surface area contributed by atoms with Crippen molar-refractivity contribution in [1.29, 1.82) is 0 Å². The van der Waals surface area contributed by atoms with E-state index < -0.39 is 0 Å². The number of hydrogen-bond donors (Lipinski definition) is 0. The summed E-state index contributed by atoms with van der Waals surface area (Å²) in [5.74, 6) is 0. The van der Waals surface area contributed by atoms with E-state index in [1.807, 2.05) is 0 Å². The number of halogens is 1. The molecule has 18 heavy (non-hydrogen) atoms. The van der Waals surface area contributed by atoms with Crippen LogP contribution in [0.4, 0.5) is 0 Å². The lowest BCUT2D eigenvalue weighted by Gasteiger charge is -2.38. The number of aryl methyl sites for hydroxylation is 1. The molecule has 100 valence electrons. The summed E-state index contributed by atoms with van der Waals surface area (Å²) >= 11 is 3.97. The third kappa shape index (κ3) is 3.17. The molecule has 1 aliphatic rings. The summed E-state index contributed by atoms with van der Waals surface area (Å²) in [5.41, 5.74) is 3.37. The molecule has 0 aromatic heterocycles. The van der Waals surface area contributed by atoms with E-state index in [4.69, 9.17) is 0 Å². The van der Waals surface area contributed by atoms with Crippen molar-refractivity contribution in [3.63, 3.8) is 0 Å². The van der Waals surface area contributed by atoms with Crippen molar-refractivity contribution in [3.05, 3.63) is 35.4 Å². The van der Waals surface area contributed by atoms with Crippen LogP contribution in [0.5, 0.6) is 0 Å². The summed E-state index contributed by atoms with van der Waals surface area (Å²) in [7, 11) is 0. The van der Waals surface area contributed by atoms with Crippen LogP contribution in [0.2, 0.25) is 0 Å². The predicted octanol–water partition coefficient (Wildman–Crippen LogP) is 6.05. The summed E-state index contributed by atoms with van der Waals surface area (Å²) in [6.45, 7) is 4.69. The van der Waals surface area contributed by atoms with Crippen molar-refractivity contribution in [2.45, 2.75) is 63.6 Å². The highest BCUT2D eigenvalue weighted by molar-refractivity contribution is 9.09. The molecule has 0 N–H and O–H groups in total. The van der Waals surface area contributed by atoms with Gasteiger partial charge in [0.1, 0.15) is 0 Å². The topological polar surface area (TPSA) is 0 Å². The van der Waals surface area contributed by atoms with Gasteiger partial charge in [-0.25, -0.2) is 0 Å². The molecule has 1 aliphatic carbocycles. The van der Waals surface area contributed by atoms with E-state index in [-0.39, 0.29) is 0 Å². The third-order valence-electron chi connectivity index (χ3n) is 4.42. The Bertz CT molecular complexity index is 360. The lowest BCUT2D eigenvalue weighted by Crippen LogP contribution is -2.25. The summed E-state index contributed by atoms with van der Waals surface area (Å²) < 4.78 is 0. The molecule has 1 heteroatoms. The van der Waals surface area contributed by atoms with Crippen LogP contribution < -0.4 is 0 Å². The third-order valence-corrected chi connectivity index (χ3v) is 6.05. The molecule has 0 heterocycles. The van der Waals surface area contributed by atoms with E-state index in [1.165, 1.54) is 56.1 Å². The largest absolute Gasteiger partial charge is 0.0833 e. The van der Waals surface area contributed by atoms with Gasteiger partial charge in [0.25, 0.3) is 0 Å². The first-order valence-electron chi connectivity index (χ1n) is 7.38. The van der Waals surface area contributed by atoms with E-state index >= 15 is 0 Å². The molecule has 0 amide bonds.